The first-order valence-corrected chi connectivity index (χ1v) is 7.70. The standard InChI is InChI=1S/C18H22N4O/c1-11-16(12(2)20-10-19-11)13-7-8-15(23-18(3,4)5)14-9-22(6)21-17(13)14/h7-10H,1-6H3. The van der Waals surface area contributed by atoms with Gasteiger partial charge in [-0.1, -0.05) is 0 Å². The number of aryl methyl sites for hydroxylation is 3. The zero-order valence-electron chi connectivity index (χ0n) is 14.5. The molecule has 0 bridgehead atoms. The smallest absolute Gasteiger partial charge is 0.131 e. The fraction of sp³-hybridized carbons (Fsp3) is 0.389. The molecule has 0 fully saturated rings. The van der Waals surface area contributed by atoms with Gasteiger partial charge in [0, 0.05) is 35.8 Å². The molecule has 1 aromatic carbocycles. The monoisotopic (exact) mass is 310 g/mol. The number of fused-ring (bicyclic) bond motifs is 1. The second kappa shape index (κ2) is 5.33. The van der Waals surface area contributed by atoms with Crippen molar-refractivity contribution in [3.63, 3.8) is 0 Å². The lowest BCUT2D eigenvalue weighted by atomic mass is 10.00. The highest BCUT2D eigenvalue weighted by atomic mass is 16.5. The molecule has 0 N–H and O–H groups in total. The van der Waals surface area contributed by atoms with Crippen molar-refractivity contribution in [2.75, 3.05) is 0 Å². The van der Waals surface area contributed by atoms with Gasteiger partial charge in [0.15, 0.2) is 0 Å². The Hall–Kier alpha value is -2.43. The van der Waals surface area contributed by atoms with Crippen molar-refractivity contribution < 1.29 is 4.74 Å². The Balaban J connectivity index is 2.27. The highest BCUT2D eigenvalue weighted by molar-refractivity contribution is 5.98. The molecule has 0 saturated heterocycles. The molecule has 0 unspecified atom stereocenters. The van der Waals surface area contributed by atoms with E-state index in [0.29, 0.717) is 0 Å². The molecule has 0 aliphatic rings. The molecule has 2 heterocycles. The van der Waals surface area contributed by atoms with Gasteiger partial charge in [0.1, 0.15) is 23.2 Å². The Morgan fingerprint density at radius 3 is 2.30 bits per heavy atom. The molecule has 3 aromatic rings. The lowest BCUT2D eigenvalue weighted by molar-refractivity contribution is 0.133. The first-order chi connectivity index (χ1) is 10.8. The molecule has 0 radical (unpaired) electrons. The van der Waals surface area contributed by atoms with E-state index in [1.54, 1.807) is 6.33 Å². The summed E-state index contributed by atoms with van der Waals surface area (Å²) in [7, 11) is 1.92. The zero-order valence-corrected chi connectivity index (χ0v) is 14.5. The molecule has 5 nitrogen and oxygen atoms in total. The third-order valence-corrected chi connectivity index (χ3v) is 3.66. The van der Waals surface area contributed by atoms with Gasteiger partial charge < -0.3 is 4.74 Å². The molecule has 0 amide bonds. The average Bonchev–Trinajstić information content (AvgIpc) is 2.81. The van der Waals surface area contributed by atoms with Crippen LogP contribution in [0.2, 0.25) is 0 Å². The van der Waals surface area contributed by atoms with Crippen LogP contribution in [0.5, 0.6) is 5.75 Å². The normalized spacial score (nSPS) is 11.9. The van der Waals surface area contributed by atoms with Crippen LogP contribution in [-0.2, 0) is 7.05 Å². The summed E-state index contributed by atoms with van der Waals surface area (Å²) in [6.45, 7) is 10.1. The van der Waals surface area contributed by atoms with Gasteiger partial charge in [-0.15, -0.1) is 0 Å². The van der Waals surface area contributed by atoms with Crippen molar-refractivity contribution in [1.82, 2.24) is 19.7 Å². The van der Waals surface area contributed by atoms with Crippen molar-refractivity contribution in [2.45, 2.75) is 40.2 Å². The third kappa shape index (κ3) is 2.91. The number of rotatable bonds is 2. The van der Waals surface area contributed by atoms with E-state index in [1.165, 1.54) is 0 Å². The number of hydrogen-bond donors (Lipinski definition) is 0. The number of hydrogen-bond acceptors (Lipinski definition) is 4. The fourth-order valence-electron chi connectivity index (χ4n) is 2.80. The lowest BCUT2D eigenvalue weighted by Gasteiger charge is -2.22. The van der Waals surface area contributed by atoms with Crippen LogP contribution < -0.4 is 4.74 Å². The Morgan fingerprint density at radius 2 is 1.70 bits per heavy atom. The van der Waals surface area contributed by atoms with Gasteiger partial charge in [0.05, 0.1) is 5.39 Å². The predicted molar refractivity (Wildman–Crippen MR) is 91.6 cm³/mol. The summed E-state index contributed by atoms with van der Waals surface area (Å²) >= 11 is 0. The van der Waals surface area contributed by atoms with Crippen LogP contribution in [0.1, 0.15) is 32.2 Å². The second-order valence-electron chi connectivity index (χ2n) is 6.81. The summed E-state index contributed by atoms with van der Waals surface area (Å²) in [6, 6.07) is 4.06. The topological polar surface area (TPSA) is 52.8 Å². The van der Waals surface area contributed by atoms with E-state index in [1.807, 2.05) is 58.6 Å². The van der Waals surface area contributed by atoms with Gasteiger partial charge in [-0.25, -0.2) is 9.97 Å². The van der Waals surface area contributed by atoms with Crippen LogP contribution in [0, 0.1) is 13.8 Å². The summed E-state index contributed by atoms with van der Waals surface area (Å²) < 4.78 is 7.91. The fourth-order valence-corrected chi connectivity index (χ4v) is 2.80. The molecule has 0 spiro atoms. The van der Waals surface area contributed by atoms with E-state index in [9.17, 15) is 0 Å². The molecular formula is C18H22N4O. The lowest BCUT2D eigenvalue weighted by Crippen LogP contribution is -2.23. The quantitative estimate of drug-likeness (QED) is 0.722. The summed E-state index contributed by atoms with van der Waals surface area (Å²) in [5.74, 6) is 0.844. The molecule has 2 aromatic heterocycles. The maximum absolute atomic E-state index is 6.10. The van der Waals surface area contributed by atoms with Gasteiger partial charge in [0.2, 0.25) is 0 Å². The zero-order chi connectivity index (χ0) is 16.8. The molecule has 0 aliphatic carbocycles. The summed E-state index contributed by atoms with van der Waals surface area (Å²) in [5.41, 5.74) is 4.64. The minimum absolute atomic E-state index is 0.258. The van der Waals surface area contributed by atoms with Gasteiger partial charge in [0.25, 0.3) is 0 Å². The largest absolute Gasteiger partial charge is 0.487 e. The Morgan fingerprint density at radius 1 is 1.04 bits per heavy atom. The Kier molecular flexibility index (Phi) is 3.59. The van der Waals surface area contributed by atoms with Crippen LogP contribution in [0.15, 0.2) is 24.7 Å². The number of aromatic nitrogens is 4. The van der Waals surface area contributed by atoms with Crippen LogP contribution in [0.4, 0.5) is 0 Å². The molecule has 5 heteroatoms. The van der Waals surface area contributed by atoms with Crippen molar-refractivity contribution >= 4 is 10.9 Å². The average molecular weight is 310 g/mol. The molecule has 0 aliphatic heterocycles. The van der Waals surface area contributed by atoms with Crippen LogP contribution >= 0.6 is 0 Å². The molecular weight excluding hydrogens is 288 g/mol. The van der Waals surface area contributed by atoms with Gasteiger partial charge in [-0.3, -0.25) is 4.68 Å². The van der Waals surface area contributed by atoms with Crippen molar-refractivity contribution in [3.05, 3.63) is 36.0 Å². The van der Waals surface area contributed by atoms with E-state index >= 15 is 0 Å². The minimum atomic E-state index is -0.258. The second-order valence-corrected chi connectivity index (χ2v) is 6.81. The SMILES string of the molecule is Cc1ncnc(C)c1-c1ccc(OC(C)(C)C)c2cn(C)nc12. The molecule has 0 atom stereocenters. The van der Waals surface area contributed by atoms with Crippen LogP contribution in [0.25, 0.3) is 22.0 Å². The van der Waals surface area contributed by atoms with E-state index in [0.717, 1.165) is 39.2 Å². The third-order valence-electron chi connectivity index (χ3n) is 3.66. The molecule has 120 valence electrons. The highest BCUT2D eigenvalue weighted by Crippen LogP contribution is 2.36. The van der Waals surface area contributed by atoms with Crippen molar-refractivity contribution in [2.24, 2.45) is 7.05 Å². The van der Waals surface area contributed by atoms with Crippen molar-refractivity contribution in [1.29, 1.82) is 0 Å². The summed E-state index contributed by atoms with van der Waals surface area (Å²) in [5, 5.41) is 5.65. The number of ether oxygens (including phenoxy) is 1. The van der Waals surface area contributed by atoms with Crippen LogP contribution in [-0.4, -0.2) is 25.3 Å². The van der Waals surface area contributed by atoms with Gasteiger partial charge in [-0.2, -0.15) is 5.10 Å². The predicted octanol–water partition coefficient (Wildman–Crippen LogP) is 3.82. The van der Waals surface area contributed by atoms with E-state index in [4.69, 9.17) is 4.74 Å². The Labute approximate surface area is 136 Å². The molecule has 23 heavy (non-hydrogen) atoms. The molecule has 3 rings (SSSR count). The van der Waals surface area contributed by atoms with Crippen LogP contribution in [0.3, 0.4) is 0 Å². The van der Waals surface area contributed by atoms with Crippen molar-refractivity contribution in [3.8, 4) is 16.9 Å². The van der Waals surface area contributed by atoms with Gasteiger partial charge >= 0.3 is 0 Å². The summed E-state index contributed by atoms with van der Waals surface area (Å²) in [6.07, 6.45) is 3.59. The summed E-state index contributed by atoms with van der Waals surface area (Å²) in [4.78, 5) is 8.67. The first kappa shape index (κ1) is 15.5. The maximum Gasteiger partial charge on any atom is 0.131 e. The first-order valence-electron chi connectivity index (χ1n) is 7.70. The number of benzene rings is 1. The van der Waals surface area contributed by atoms with E-state index in [2.05, 4.69) is 21.1 Å². The minimum Gasteiger partial charge on any atom is -0.487 e. The highest BCUT2D eigenvalue weighted by Gasteiger charge is 2.19. The van der Waals surface area contributed by atoms with E-state index < -0.39 is 0 Å². The number of nitrogens with zero attached hydrogens (tertiary/aromatic N) is 4. The van der Waals surface area contributed by atoms with E-state index in [-0.39, 0.29) is 5.60 Å². The Bertz CT molecular complexity index is 854. The molecule has 0 saturated carbocycles. The maximum atomic E-state index is 6.10. The van der Waals surface area contributed by atoms with Gasteiger partial charge in [-0.05, 0) is 46.8 Å².